The lowest BCUT2D eigenvalue weighted by molar-refractivity contribution is 0.419. The standard InChI is InChI=1S/C6H10F/c7-5-4-6-2-1-3-6/h1-5H2. The van der Waals surface area contributed by atoms with Crippen molar-refractivity contribution in [3.05, 3.63) is 5.92 Å². The fourth-order valence-electron chi connectivity index (χ4n) is 0.810. The van der Waals surface area contributed by atoms with Gasteiger partial charge in [0.25, 0.3) is 0 Å². The zero-order chi connectivity index (χ0) is 5.11. The third-order valence-electron chi connectivity index (χ3n) is 1.51. The predicted molar refractivity (Wildman–Crippen MR) is 27.7 cm³/mol. The number of rotatable bonds is 2. The van der Waals surface area contributed by atoms with Crippen molar-refractivity contribution in [1.29, 1.82) is 0 Å². The number of hydrogen-bond donors (Lipinski definition) is 0. The van der Waals surface area contributed by atoms with Gasteiger partial charge in [-0.2, -0.15) is 0 Å². The van der Waals surface area contributed by atoms with Gasteiger partial charge in [-0.25, -0.2) is 0 Å². The summed E-state index contributed by atoms with van der Waals surface area (Å²) in [5.41, 5.74) is 0. The maximum atomic E-state index is 11.4. The van der Waals surface area contributed by atoms with Crippen molar-refractivity contribution in [2.45, 2.75) is 25.7 Å². The highest BCUT2D eigenvalue weighted by Gasteiger charge is 2.16. The summed E-state index contributed by atoms with van der Waals surface area (Å²) in [5, 5.41) is 0. The van der Waals surface area contributed by atoms with Crippen molar-refractivity contribution in [1.82, 2.24) is 0 Å². The first-order valence-electron chi connectivity index (χ1n) is 2.83. The Bertz CT molecular complexity index is 48.1. The number of halogens is 1. The summed E-state index contributed by atoms with van der Waals surface area (Å²) >= 11 is 0. The van der Waals surface area contributed by atoms with Crippen molar-refractivity contribution < 1.29 is 4.39 Å². The third kappa shape index (κ3) is 1.15. The molecule has 0 N–H and O–H groups in total. The van der Waals surface area contributed by atoms with Crippen LogP contribution in [0.1, 0.15) is 25.7 Å². The Labute approximate surface area is 43.7 Å². The van der Waals surface area contributed by atoms with E-state index < -0.39 is 0 Å². The molecule has 0 atom stereocenters. The molecule has 0 saturated heterocycles. The van der Waals surface area contributed by atoms with Crippen molar-refractivity contribution in [3.63, 3.8) is 0 Å². The Morgan fingerprint density at radius 2 is 2.14 bits per heavy atom. The molecule has 0 bridgehead atoms. The first-order chi connectivity index (χ1) is 3.43. The zero-order valence-corrected chi connectivity index (χ0v) is 4.41. The Kier molecular flexibility index (Phi) is 1.66. The van der Waals surface area contributed by atoms with Crippen molar-refractivity contribution in [2.75, 3.05) is 6.67 Å². The van der Waals surface area contributed by atoms with Gasteiger partial charge in [-0.05, 0) is 25.2 Å². The first kappa shape index (κ1) is 5.07. The second-order valence-electron chi connectivity index (χ2n) is 2.04. The summed E-state index contributed by atoms with van der Waals surface area (Å²) in [4.78, 5) is 0. The molecular weight excluding hydrogens is 91.1 g/mol. The van der Waals surface area contributed by atoms with Gasteiger partial charge in [0.2, 0.25) is 0 Å². The molecule has 0 spiro atoms. The summed E-state index contributed by atoms with van der Waals surface area (Å²) in [6.45, 7) is -0.144. The molecule has 0 unspecified atom stereocenters. The van der Waals surface area contributed by atoms with Crippen LogP contribution in [0.4, 0.5) is 4.39 Å². The second-order valence-corrected chi connectivity index (χ2v) is 2.04. The maximum absolute atomic E-state index is 11.4. The molecular formula is C6H10F. The molecule has 1 saturated carbocycles. The topological polar surface area (TPSA) is 0 Å². The van der Waals surface area contributed by atoms with Crippen molar-refractivity contribution in [2.24, 2.45) is 0 Å². The van der Waals surface area contributed by atoms with Gasteiger partial charge >= 0.3 is 0 Å². The van der Waals surface area contributed by atoms with Gasteiger partial charge in [0, 0.05) is 0 Å². The number of hydrogen-bond acceptors (Lipinski definition) is 0. The molecule has 0 nitrogen and oxygen atoms in total. The van der Waals surface area contributed by atoms with Gasteiger partial charge in [-0.3, -0.25) is 4.39 Å². The summed E-state index contributed by atoms with van der Waals surface area (Å²) in [6, 6.07) is 0. The smallest absolute Gasteiger partial charge is 0.0900 e. The van der Waals surface area contributed by atoms with Crippen molar-refractivity contribution in [3.8, 4) is 0 Å². The fourth-order valence-corrected chi connectivity index (χ4v) is 0.810. The molecule has 0 amide bonds. The molecule has 7 heavy (non-hydrogen) atoms. The van der Waals surface area contributed by atoms with Crippen LogP contribution in [0.25, 0.3) is 0 Å². The van der Waals surface area contributed by atoms with E-state index in [4.69, 9.17) is 0 Å². The summed E-state index contributed by atoms with van der Waals surface area (Å²) in [7, 11) is 0. The Morgan fingerprint density at radius 1 is 1.43 bits per heavy atom. The minimum Gasteiger partial charge on any atom is -0.251 e. The van der Waals surface area contributed by atoms with Crippen LogP contribution < -0.4 is 0 Å². The van der Waals surface area contributed by atoms with Crippen LogP contribution in [0, 0.1) is 5.92 Å². The molecule has 41 valence electrons. The fraction of sp³-hybridized carbons (Fsp3) is 0.833. The predicted octanol–water partition coefficient (Wildman–Crippen LogP) is 2.10. The monoisotopic (exact) mass is 101 g/mol. The highest BCUT2D eigenvalue weighted by atomic mass is 19.1. The van der Waals surface area contributed by atoms with E-state index in [9.17, 15) is 4.39 Å². The van der Waals surface area contributed by atoms with Gasteiger partial charge in [0.1, 0.15) is 0 Å². The van der Waals surface area contributed by atoms with Crippen LogP contribution in [0.2, 0.25) is 0 Å². The molecule has 0 aromatic carbocycles. The van der Waals surface area contributed by atoms with Crippen LogP contribution in [0.5, 0.6) is 0 Å². The van der Waals surface area contributed by atoms with E-state index >= 15 is 0 Å². The van der Waals surface area contributed by atoms with E-state index in [2.05, 4.69) is 0 Å². The van der Waals surface area contributed by atoms with E-state index in [-0.39, 0.29) is 6.67 Å². The molecule has 1 rings (SSSR count). The van der Waals surface area contributed by atoms with Crippen LogP contribution in [-0.4, -0.2) is 6.67 Å². The van der Waals surface area contributed by atoms with E-state index in [1.807, 2.05) is 0 Å². The van der Waals surface area contributed by atoms with Crippen LogP contribution in [-0.2, 0) is 0 Å². The molecule has 0 aliphatic heterocycles. The van der Waals surface area contributed by atoms with Gasteiger partial charge < -0.3 is 0 Å². The van der Waals surface area contributed by atoms with Gasteiger partial charge in [-0.15, -0.1) is 0 Å². The summed E-state index contributed by atoms with van der Waals surface area (Å²) in [6.07, 6.45) is 4.43. The molecule has 0 aromatic heterocycles. The quantitative estimate of drug-likeness (QED) is 0.499. The van der Waals surface area contributed by atoms with Gasteiger partial charge in [-0.1, -0.05) is 6.42 Å². The Hall–Kier alpha value is -0.0700. The summed E-state index contributed by atoms with van der Waals surface area (Å²) in [5.74, 6) is 1.43. The minimum atomic E-state index is -0.144. The van der Waals surface area contributed by atoms with Crippen LogP contribution in [0.3, 0.4) is 0 Å². The number of alkyl halides is 1. The highest BCUT2D eigenvalue weighted by Crippen LogP contribution is 2.31. The Balaban J connectivity index is 1.93. The molecule has 1 heteroatoms. The molecule has 1 aliphatic rings. The maximum Gasteiger partial charge on any atom is 0.0900 e. The zero-order valence-electron chi connectivity index (χ0n) is 4.41. The van der Waals surface area contributed by atoms with E-state index in [1.165, 1.54) is 25.2 Å². The lowest BCUT2D eigenvalue weighted by Crippen LogP contribution is -2.08. The van der Waals surface area contributed by atoms with Crippen LogP contribution in [0.15, 0.2) is 0 Å². The van der Waals surface area contributed by atoms with E-state index in [0.717, 1.165) is 6.42 Å². The van der Waals surface area contributed by atoms with Crippen LogP contribution >= 0.6 is 0 Å². The van der Waals surface area contributed by atoms with Gasteiger partial charge in [0.15, 0.2) is 0 Å². The molecule has 0 heterocycles. The van der Waals surface area contributed by atoms with E-state index in [0.29, 0.717) is 0 Å². The third-order valence-corrected chi connectivity index (χ3v) is 1.51. The lowest BCUT2D eigenvalue weighted by atomic mass is 9.83. The molecule has 1 radical (unpaired) electrons. The van der Waals surface area contributed by atoms with Crippen molar-refractivity contribution >= 4 is 0 Å². The molecule has 1 aliphatic carbocycles. The summed E-state index contributed by atoms with van der Waals surface area (Å²) < 4.78 is 11.4. The largest absolute Gasteiger partial charge is 0.251 e. The highest BCUT2D eigenvalue weighted by molar-refractivity contribution is 4.97. The SMILES string of the molecule is FCC[C]1CCC1. The van der Waals surface area contributed by atoms with E-state index in [1.54, 1.807) is 0 Å². The normalized spacial score (nSPS) is 21.9. The minimum absolute atomic E-state index is 0.144. The first-order valence-corrected chi connectivity index (χ1v) is 2.83. The van der Waals surface area contributed by atoms with Gasteiger partial charge in [0.05, 0.1) is 6.67 Å². The molecule has 1 fully saturated rings. The lowest BCUT2D eigenvalue weighted by Gasteiger charge is -2.22. The molecule has 0 aromatic rings. The average molecular weight is 101 g/mol. The average Bonchev–Trinajstić information content (AvgIpc) is 1.55. The Morgan fingerprint density at radius 3 is 2.29 bits per heavy atom. The second kappa shape index (κ2) is 2.29.